The van der Waals surface area contributed by atoms with Crippen LogP contribution in [0.5, 0.6) is 0 Å². The van der Waals surface area contributed by atoms with Gasteiger partial charge < -0.3 is 36.1 Å². The molecule has 36 heavy (non-hydrogen) atoms. The van der Waals surface area contributed by atoms with Gasteiger partial charge in [0.05, 0.1) is 42.7 Å². The van der Waals surface area contributed by atoms with E-state index < -0.39 is 77.9 Å². The Bertz CT molecular complexity index is 768. The summed E-state index contributed by atoms with van der Waals surface area (Å²) in [7, 11) is 0. The number of nitrogens with one attached hydrogen (secondary N) is 1. The first kappa shape index (κ1) is 33.9. The van der Waals surface area contributed by atoms with Gasteiger partial charge in [-0.25, -0.2) is 4.79 Å². The van der Waals surface area contributed by atoms with E-state index in [1.54, 1.807) is 69.2 Å². The molecule has 0 aliphatic carbocycles. The van der Waals surface area contributed by atoms with E-state index >= 15 is 0 Å². The lowest BCUT2D eigenvalue weighted by Gasteiger charge is -2.32. The van der Waals surface area contributed by atoms with Crippen LogP contribution in [0.1, 0.15) is 69.2 Å². The van der Waals surface area contributed by atoms with Crippen molar-refractivity contribution in [2.75, 3.05) is 19.8 Å². The lowest BCUT2D eigenvalue weighted by molar-refractivity contribution is -0.164. The summed E-state index contributed by atoms with van der Waals surface area (Å²) in [6.07, 6.45) is -0.673. The van der Waals surface area contributed by atoms with E-state index in [1.165, 1.54) is 0 Å². The van der Waals surface area contributed by atoms with E-state index in [-0.39, 0.29) is 6.61 Å². The zero-order chi connectivity index (χ0) is 28.6. The molecular formula is C24H46N4O8. The Kier molecular flexibility index (Phi) is 12.6. The van der Waals surface area contributed by atoms with Crippen LogP contribution >= 0.6 is 0 Å². The maximum atomic E-state index is 13.1. The van der Waals surface area contributed by atoms with Crippen molar-refractivity contribution >= 4 is 23.7 Å². The van der Waals surface area contributed by atoms with Gasteiger partial charge in [0.25, 0.3) is 0 Å². The molecule has 12 heteroatoms. The van der Waals surface area contributed by atoms with E-state index in [4.69, 9.17) is 25.7 Å². The predicted octanol–water partition coefficient (Wildman–Crippen LogP) is 0.399. The van der Waals surface area contributed by atoms with E-state index in [0.29, 0.717) is 4.90 Å². The fourth-order valence-electron chi connectivity index (χ4n) is 2.84. The Morgan fingerprint density at radius 3 is 1.75 bits per heavy atom. The lowest BCUT2D eigenvalue weighted by Crippen LogP contribution is -2.60. The van der Waals surface area contributed by atoms with Gasteiger partial charge in [-0.05, 0) is 69.2 Å². The second-order valence-electron chi connectivity index (χ2n) is 11.6. The Labute approximate surface area is 214 Å². The molecule has 0 heterocycles. The Hall–Kier alpha value is -2.12. The van der Waals surface area contributed by atoms with E-state index in [0.717, 1.165) is 0 Å². The number of carbonyl (C=O) groups is 4. The average molecular weight is 519 g/mol. The first-order valence-electron chi connectivity index (χ1n) is 11.9. The zero-order valence-electron chi connectivity index (χ0n) is 23.3. The van der Waals surface area contributed by atoms with Crippen LogP contribution in [0.4, 0.5) is 0 Å². The number of carboxylic acids is 1. The molecule has 0 aromatic carbocycles. The maximum Gasteiger partial charge on any atom is 0.329 e. The molecule has 0 rings (SSSR count). The van der Waals surface area contributed by atoms with Crippen LogP contribution in [0.3, 0.4) is 0 Å². The second-order valence-corrected chi connectivity index (χ2v) is 11.6. The summed E-state index contributed by atoms with van der Waals surface area (Å²) < 4.78 is 16.7. The minimum Gasteiger partial charge on any atom is -0.480 e. The Morgan fingerprint density at radius 2 is 1.33 bits per heavy atom. The average Bonchev–Trinajstić information content (AvgIpc) is 2.68. The molecule has 0 aliphatic rings. The number of imide groups is 1. The lowest BCUT2D eigenvalue weighted by atomic mass is 10.1. The molecule has 3 amide bonds. The third-order valence-corrected chi connectivity index (χ3v) is 4.55. The van der Waals surface area contributed by atoms with Crippen molar-refractivity contribution in [2.45, 2.75) is 110 Å². The SMILES string of the molecule is C[C@H](OC(C)(C)C)[C@H](N)C(=O)NCC(=O)N(C(=O)[C@@H](N)COC(C)(C)C)[C@@H](COC(C)(C)C)C(=O)O. The van der Waals surface area contributed by atoms with Crippen LogP contribution in [-0.2, 0) is 33.4 Å². The highest BCUT2D eigenvalue weighted by atomic mass is 16.5. The highest BCUT2D eigenvalue weighted by Gasteiger charge is 2.39. The number of rotatable bonds is 12. The zero-order valence-corrected chi connectivity index (χ0v) is 23.3. The maximum absolute atomic E-state index is 13.1. The number of nitrogens with zero attached hydrogens (tertiary/aromatic N) is 1. The van der Waals surface area contributed by atoms with Gasteiger partial charge in [-0.15, -0.1) is 0 Å². The molecule has 0 saturated carbocycles. The van der Waals surface area contributed by atoms with Crippen LogP contribution in [0, 0.1) is 0 Å². The minimum atomic E-state index is -1.68. The fourth-order valence-corrected chi connectivity index (χ4v) is 2.84. The first-order chi connectivity index (χ1) is 16.1. The van der Waals surface area contributed by atoms with Crippen molar-refractivity contribution in [2.24, 2.45) is 11.5 Å². The van der Waals surface area contributed by atoms with Crippen molar-refractivity contribution in [3.05, 3.63) is 0 Å². The standard InChI is InChI=1S/C24H46N4O8/c1-14(36-24(8,9)10)18(26)19(30)27-11-17(29)28(16(21(32)33)13-35-23(5,6)7)20(31)15(25)12-34-22(2,3)4/h14-16,18H,11-13,25-26H2,1-10H3,(H,27,30)(H,32,33)/t14-,15-,16-,18-/m0/s1. The summed E-state index contributed by atoms with van der Waals surface area (Å²) in [5.41, 5.74) is 9.99. The molecule has 0 saturated heterocycles. The third kappa shape index (κ3) is 13.3. The highest BCUT2D eigenvalue weighted by Crippen LogP contribution is 2.14. The molecule has 0 bridgehead atoms. The van der Waals surface area contributed by atoms with Crippen molar-refractivity contribution in [3.8, 4) is 0 Å². The normalized spacial score (nSPS) is 16.0. The molecule has 0 fully saturated rings. The van der Waals surface area contributed by atoms with Crippen molar-refractivity contribution in [1.29, 1.82) is 0 Å². The van der Waals surface area contributed by atoms with Gasteiger partial charge in [0, 0.05) is 0 Å². The Morgan fingerprint density at radius 1 is 0.861 bits per heavy atom. The van der Waals surface area contributed by atoms with Crippen LogP contribution in [-0.4, -0.2) is 94.5 Å². The molecule has 0 spiro atoms. The summed E-state index contributed by atoms with van der Waals surface area (Å²) in [6, 6.07) is -4.12. The first-order valence-corrected chi connectivity index (χ1v) is 11.9. The third-order valence-electron chi connectivity index (χ3n) is 4.55. The van der Waals surface area contributed by atoms with E-state index in [2.05, 4.69) is 5.32 Å². The van der Waals surface area contributed by atoms with Gasteiger partial charge in [-0.1, -0.05) is 0 Å². The summed E-state index contributed by atoms with van der Waals surface area (Å²) in [4.78, 5) is 51.3. The molecule has 12 nitrogen and oxygen atoms in total. The van der Waals surface area contributed by atoms with Crippen molar-refractivity contribution in [1.82, 2.24) is 10.2 Å². The molecule has 6 N–H and O–H groups in total. The number of hydrogen-bond acceptors (Lipinski definition) is 9. The number of nitrogens with two attached hydrogens (primary N) is 2. The number of amides is 3. The number of carbonyl (C=O) groups excluding carboxylic acids is 3. The van der Waals surface area contributed by atoms with Gasteiger partial charge in [0.2, 0.25) is 17.7 Å². The van der Waals surface area contributed by atoms with Crippen LogP contribution in [0.25, 0.3) is 0 Å². The van der Waals surface area contributed by atoms with E-state index in [1.807, 2.05) is 0 Å². The molecule has 210 valence electrons. The second kappa shape index (κ2) is 13.4. The summed E-state index contributed by atoms with van der Waals surface area (Å²) in [6.45, 7) is 16.0. The summed E-state index contributed by atoms with van der Waals surface area (Å²) in [5, 5.41) is 12.2. The van der Waals surface area contributed by atoms with Crippen molar-refractivity contribution in [3.63, 3.8) is 0 Å². The number of carboxylic acid groups (broad SMARTS) is 1. The van der Waals surface area contributed by atoms with Gasteiger partial charge in [-0.2, -0.15) is 0 Å². The van der Waals surface area contributed by atoms with Crippen LogP contribution in [0.2, 0.25) is 0 Å². The van der Waals surface area contributed by atoms with Gasteiger partial charge in [0.1, 0.15) is 12.1 Å². The molecule has 4 atom stereocenters. The number of hydrogen-bond donors (Lipinski definition) is 4. The number of aliphatic carboxylic acids is 1. The van der Waals surface area contributed by atoms with Gasteiger partial charge in [-0.3, -0.25) is 19.3 Å². The Balaban J connectivity index is 5.74. The largest absolute Gasteiger partial charge is 0.480 e. The van der Waals surface area contributed by atoms with Crippen LogP contribution < -0.4 is 16.8 Å². The predicted molar refractivity (Wildman–Crippen MR) is 134 cm³/mol. The molecular weight excluding hydrogens is 472 g/mol. The molecule has 0 aromatic heterocycles. The summed E-state index contributed by atoms with van der Waals surface area (Å²) in [5.74, 6) is -4.14. The smallest absolute Gasteiger partial charge is 0.329 e. The van der Waals surface area contributed by atoms with E-state index in [9.17, 15) is 24.3 Å². The molecule has 0 unspecified atom stereocenters. The molecule has 0 radical (unpaired) electrons. The molecule has 0 aliphatic heterocycles. The monoisotopic (exact) mass is 518 g/mol. The minimum absolute atomic E-state index is 0.253. The highest BCUT2D eigenvalue weighted by molar-refractivity contribution is 6.03. The quantitative estimate of drug-likeness (QED) is 0.282. The van der Waals surface area contributed by atoms with Gasteiger partial charge in [0.15, 0.2) is 6.04 Å². The topological polar surface area (TPSA) is 184 Å². The number of ether oxygens (including phenoxy) is 3. The van der Waals surface area contributed by atoms with Gasteiger partial charge >= 0.3 is 5.97 Å². The van der Waals surface area contributed by atoms with Crippen molar-refractivity contribution < 1.29 is 38.5 Å². The van der Waals surface area contributed by atoms with Crippen LogP contribution in [0.15, 0.2) is 0 Å². The fraction of sp³-hybridized carbons (Fsp3) is 0.833. The molecule has 0 aromatic rings. The summed E-state index contributed by atoms with van der Waals surface area (Å²) >= 11 is 0.